The number of nitro groups is 1. The van der Waals surface area contributed by atoms with Crippen molar-refractivity contribution in [1.82, 2.24) is 15.0 Å². The summed E-state index contributed by atoms with van der Waals surface area (Å²) in [5.74, 6) is 0.420. The molecule has 0 aliphatic heterocycles. The minimum absolute atomic E-state index is 0.0837. The van der Waals surface area contributed by atoms with Crippen molar-refractivity contribution in [2.45, 2.75) is 12.8 Å². The molecule has 0 saturated heterocycles. The lowest BCUT2D eigenvalue weighted by Crippen LogP contribution is -2.01. The van der Waals surface area contributed by atoms with Crippen LogP contribution in [0.2, 0.25) is 0 Å². The molecule has 0 aliphatic carbocycles. The van der Waals surface area contributed by atoms with Gasteiger partial charge in [0, 0.05) is 0 Å². The van der Waals surface area contributed by atoms with E-state index in [2.05, 4.69) is 10.3 Å². The van der Waals surface area contributed by atoms with Crippen molar-refractivity contribution in [3.63, 3.8) is 0 Å². The van der Waals surface area contributed by atoms with E-state index in [1.54, 1.807) is 18.3 Å². The first-order chi connectivity index (χ1) is 9.65. The number of methoxy groups -OCH3 is 1. The van der Waals surface area contributed by atoms with Gasteiger partial charge < -0.3 is 10.5 Å². The monoisotopic (exact) mass is 277 g/mol. The highest BCUT2D eigenvalue weighted by atomic mass is 16.6. The molecule has 106 valence electrons. The average molecular weight is 277 g/mol. The molecule has 0 saturated carbocycles. The van der Waals surface area contributed by atoms with Crippen LogP contribution >= 0.6 is 0 Å². The fraction of sp³-hybridized carbons (Fsp3) is 0.333. The Morgan fingerprint density at radius 2 is 2.30 bits per heavy atom. The molecule has 8 nitrogen and oxygen atoms in total. The molecule has 1 heterocycles. The van der Waals surface area contributed by atoms with Crippen LogP contribution in [0.4, 0.5) is 5.69 Å². The molecule has 0 aliphatic rings. The van der Waals surface area contributed by atoms with E-state index in [0.717, 1.165) is 12.1 Å². The molecule has 0 unspecified atom stereocenters. The van der Waals surface area contributed by atoms with E-state index in [0.29, 0.717) is 24.4 Å². The summed E-state index contributed by atoms with van der Waals surface area (Å²) in [6.07, 6.45) is 3.16. The van der Waals surface area contributed by atoms with Gasteiger partial charge in [0.15, 0.2) is 0 Å². The number of benzene rings is 1. The number of aryl methyl sites for hydroxylation is 1. The highest BCUT2D eigenvalue weighted by molar-refractivity contribution is 5.55. The normalized spacial score (nSPS) is 10.5. The molecule has 2 N–H and O–H groups in total. The Labute approximate surface area is 115 Å². The lowest BCUT2D eigenvalue weighted by Gasteiger charge is -2.04. The Balaban J connectivity index is 2.36. The van der Waals surface area contributed by atoms with Crippen LogP contribution in [-0.4, -0.2) is 33.6 Å². The van der Waals surface area contributed by atoms with Crippen LogP contribution in [0.5, 0.6) is 5.75 Å². The molecule has 0 spiro atoms. The maximum Gasteiger partial charge on any atom is 0.298 e. The SMILES string of the molecule is COc1ccc(-n2cc(CCCN)nn2)c([N+](=O)[O-])c1. The van der Waals surface area contributed by atoms with Crippen molar-refractivity contribution in [2.24, 2.45) is 5.73 Å². The standard InChI is InChI=1S/C12H15N5O3/c1-20-10-4-5-11(12(7-10)17(18)19)16-8-9(14-15-16)3-2-6-13/h4-5,7-8H,2-3,6,13H2,1H3. The fourth-order valence-electron chi connectivity index (χ4n) is 1.78. The van der Waals surface area contributed by atoms with E-state index >= 15 is 0 Å². The maximum absolute atomic E-state index is 11.1. The van der Waals surface area contributed by atoms with Gasteiger partial charge in [-0.25, -0.2) is 4.68 Å². The topological polar surface area (TPSA) is 109 Å². The van der Waals surface area contributed by atoms with Crippen molar-refractivity contribution < 1.29 is 9.66 Å². The minimum Gasteiger partial charge on any atom is -0.496 e. The molecule has 0 bridgehead atoms. The number of nitro benzene ring substituents is 1. The minimum atomic E-state index is -0.473. The number of nitrogens with zero attached hydrogens (tertiary/aromatic N) is 4. The largest absolute Gasteiger partial charge is 0.496 e. The molecule has 0 amide bonds. The predicted octanol–water partition coefficient (Wildman–Crippen LogP) is 1.08. The summed E-state index contributed by atoms with van der Waals surface area (Å²) in [5.41, 5.74) is 6.45. The molecule has 8 heteroatoms. The zero-order valence-electron chi connectivity index (χ0n) is 11.0. The summed E-state index contributed by atoms with van der Waals surface area (Å²) >= 11 is 0. The number of ether oxygens (including phenoxy) is 1. The van der Waals surface area contributed by atoms with E-state index in [4.69, 9.17) is 10.5 Å². The number of hydrogen-bond acceptors (Lipinski definition) is 6. The van der Waals surface area contributed by atoms with Gasteiger partial charge >= 0.3 is 0 Å². The molecule has 0 radical (unpaired) electrons. The third-order valence-corrected chi connectivity index (χ3v) is 2.80. The molecule has 1 aromatic carbocycles. The van der Waals surface area contributed by atoms with Gasteiger partial charge in [-0.3, -0.25) is 10.1 Å². The fourth-order valence-corrected chi connectivity index (χ4v) is 1.78. The Kier molecular flexibility index (Phi) is 4.26. The number of rotatable bonds is 6. The van der Waals surface area contributed by atoms with Crippen molar-refractivity contribution >= 4 is 5.69 Å². The molecule has 20 heavy (non-hydrogen) atoms. The van der Waals surface area contributed by atoms with E-state index in [1.807, 2.05) is 0 Å². The van der Waals surface area contributed by atoms with Gasteiger partial charge in [-0.2, -0.15) is 0 Å². The highest BCUT2D eigenvalue weighted by Gasteiger charge is 2.18. The Morgan fingerprint density at radius 3 is 2.95 bits per heavy atom. The van der Waals surface area contributed by atoms with Crippen molar-refractivity contribution in [3.8, 4) is 11.4 Å². The van der Waals surface area contributed by atoms with E-state index in [9.17, 15) is 10.1 Å². The molecular weight excluding hydrogens is 262 g/mol. The van der Waals surface area contributed by atoms with Crippen LogP contribution in [0.25, 0.3) is 5.69 Å². The van der Waals surface area contributed by atoms with E-state index in [-0.39, 0.29) is 5.69 Å². The third kappa shape index (κ3) is 2.91. The average Bonchev–Trinajstić information content (AvgIpc) is 2.93. The predicted molar refractivity (Wildman–Crippen MR) is 71.9 cm³/mol. The summed E-state index contributed by atoms with van der Waals surface area (Å²) < 4.78 is 6.38. The van der Waals surface area contributed by atoms with Crippen LogP contribution in [-0.2, 0) is 6.42 Å². The number of hydrogen-bond donors (Lipinski definition) is 1. The van der Waals surface area contributed by atoms with Gasteiger partial charge in [-0.1, -0.05) is 5.21 Å². The van der Waals surface area contributed by atoms with Gasteiger partial charge in [0.1, 0.15) is 11.4 Å². The van der Waals surface area contributed by atoms with Gasteiger partial charge in [0.05, 0.1) is 30.0 Å². The summed E-state index contributed by atoms with van der Waals surface area (Å²) in [6, 6.07) is 4.58. The van der Waals surface area contributed by atoms with Gasteiger partial charge in [-0.05, 0) is 31.5 Å². The highest BCUT2D eigenvalue weighted by Crippen LogP contribution is 2.27. The lowest BCUT2D eigenvalue weighted by atomic mass is 10.2. The molecular formula is C12H15N5O3. The quantitative estimate of drug-likeness (QED) is 0.625. The van der Waals surface area contributed by atoms with Gasteiger partial charge in [-0.15, -0.1) is 5.10 Å². The second kappa shape index (κ2) is 6.11. The first-order valence-electron chi connectivity index (χ1n) is 6.10. The van der Waals surface area contributed by atoms with Gasteiger partial charge in [0.25, 0.3) is 5.69 Å². The summed E-state index contributed by atoms with van der Waals surface area (Å²) in [5, 5.41) is 19.0. The summed E-state index contributed by atoms with van der Waals surface area (Å²) in [4.78, 5) is 10.6. The molecule has 0 atom stereocenters. The van der Waals surface area contributed by atoms with Crippen molar-refractivity contribution in [3.05, 3.63) is 40.2 Å². The van der Waals surface area contributed by atoms with Gasteiger partial charge in [0.2, 0.25) is 0 Å². The summed E-state index contributed by atoms with van der Waals surface area (Å²) in [6.45, 7) is 0.565. The van der Waals surface area contributed by atoms with E-state index < -0.39 is 4.92 Å². The first-order valence-corrected chi connectivity index (χ1v) is 6.10. The Morgan fingerprint density at radius 1 is 1.50 bits per heavy atom. The molecule has 0 fully saturated rings. The van der Waals surface area contributed by atoms with Crippen LogP contribution in [0.15, 0.2) is 24.4 Å². The second-order valence-electron chi connectivity index (χ2n) is 4.16. The second-order valence-corrected chi connectivity index (χ2v) is 4.16. The summed E-state index contributed by atoms with van der Waals surface area (Å²) in [7, 11) is 1.46. The zero-order chi connectivity index (χ0) is 14.5. The van der Waals surface area contributed by atoms with Crippen LogP contribution < -0.4 is 10.5 Å². The Bertz CT molecular complexity index is 611. The third-order valence-electron chi connectivity index (χ3n) is 2.80. The first kappa shape index (κ1) is 13.9. The maximum atomic E-state index is 11.1. The Hall–Kier alpha value is -2.48. The number of nitrogens with two attached hydrogens (primary N) is 1. The molecule has 1 aromatic heterocycles. The molecule has 2 aromatic rings. The molecule has 2 rings (SSSR count). The van der Waals surface area contributed by atoms with Crippen LogP contribution in [0.1, 0.15) is 12.1 Å². The van der Waals surface area contributed by atoms with Crippen molar-refractivity contribution in [1.29, 1.82) is 0 Å². The zero-order valence-corrected chi connectivity index (χ0v) is 11.0. The van der Waals surface area contributed by atoms with Crippen LogP contribution in [0.3, 0.4) is 0 Å². The number of aromatic nitrogens is 3. The lowest BCUT2D eigenvalue weighted by molar-refractivity contribution is -0.384. The van der Waals surface area contributed by atoms with Crippen molar-refractivity contribution in [2.75, 3.05) is 13.7 Å². The smallest absolute Gasteiger partial charge is 0.298 e. The van der Waals surface area contributed by atoms with Crippen LogP contribution in [0, 0.1) is 10.1 Å². The van der Waals surface area contributed by atoms with E-state index in [1.165, 1.54) is 17.9 Å².